The van der Waals surface area contributed by atoms with Crippen molar-refractivity contribution < 1.29 is 13.5 Å². The van der Waals surface area contributed by atoms with E-state index in [-0.39, 0.29) is 11.9 Å². The lowest BCUT2D eigenvalue weighted by Crippen LogP contribution is -2.20. The summed E-state index contributed by atoms with van der Waals surface area (Å²) in [7, 11) is 1.53. The van der Waals surface area contributed by atoms with E-state index >= 15 is 0 Å². The minimum Gasteiger partial charge on any atom is -0.496 e. The predicted octanol–water partition coefficient (Wildman–Crippen LogP) is 2.98. The lowest BCUT2D eigenvalue weighted by Gasteiger charge is -2.17. The van der Waals surface area contributed by atoms with Crippen LogP contribution in [-0.2, 0) is 6.54 Å². The average Bonchev–Trinajstić information content (AvgIpc) is 2.81. The molecule has 0 saturated heterocycles. The molecule has 2 rings (SSSR count). The minimum absolute atomic E-state index is 0.205. The first-order chi connectivity index (χ1) is 9.11. The number of hydrogen-bond acceptors (Lipinski definition) is 4. The van der Waals surface area contributed by atoms with Crippen LogP contribution in [0.15, 0.2) is 28.8 Å². The van der Waals surface area contributed by atoms with Crippen LogP contribution in [0.25, 0.3) is 0 Å². The summed E-state index contributed by atoms with van der Waals surface area (Å²) in [5, 5.41) is 3.17. The summed E-state index contributed by atoms with van der Waals surface area (Å²) in [4.78, 5) is 4.09. The highest BCUT2D eigenvalue weighted by Gasteiger charge is 2.16. The van der Waals surface area contributed by atoms with E-state index < -0.39 is 0 Å². The number of methoxy groups -OCH3 is 1. The van der Waals surface area contributed by atoms with Gasteiger partial charge in [-0.3, -0.25) is 0 Å². The number of oxazole rings is 1. The van der Waals surface area contributed by atoms with Gasteiger partial charge in [0, 0.05) is 11.6 Å². The molecular weight excluding hydrogens is 247 g/mol. The number of aromatic nitrogens is 1. The van der Waals surface area contributed by atoms with Crippen molar-refractivity contribution >= 4 is 0 Å². The van der Waals surface area contributed by atoms with Gasteiger partial charge in [0.1, 0.15) is 17.3 Å². The van der Waals surface area contributed by atoms with Gasteiger partial charge in [-0.2, -0.15) is 0 Å². The van der Waals surface area contributed by atoms with Gasteiger partial charge in [-0.15, -0.1) is 0 Å². The van der Waals surface area contributed by atoms with E-state index in [9.17, 15) is 4.39 Å². The quantitative estimate of drug-likeness (QED) is 0.901. The monoisotopic (exact) mass is 264 g/mol. The van der Waals surface area contributed by atoms with Gasteiger partial charge in [-0.1, -0.05) is 6.07 Å². The Morgan fingerprint density at radius 3 is 2.89 bits per heavy atom. The van der Waals surface area contributed by atoms with Crippen LogP contribution in [-0.4, -0.2) is 12.1 Å². The third-order valence-electron chi connectivity index (χ3n) is 2.89. The van der Waals surface area contributed by atoms with Gasteiger partial charge < -0.3 is 14.5 Å². The number of nitrogens with one attached hydrogen (secondary N) is 1. The lowest BCUT2D eigenvalue weighted by molar-refractivity contribution is 0.386. The number of nitrogens with zero attached hydrogens (tertiary/aromatic N) is 1. The van der Waals surface area contributed by atoms with Crippen molar-refractivity contribution in [2.75, 3.05) is 7.11 Å². The molecule has 0 bridgehead atoms. The van der Waals surface area contributed by atoms with Gasteiger partial charge in [0.15, 0.2) is 0 Å². The zero-order valence-electron chi connectivity index (χ0n) is 11.2. The maximum absolute atomic E-state index is 13.9. The second kappa shape index (κ2) is 5.84. The van der Waals surface area contributed by atoms with E-state index in [1.54, 1.807) is 18.3 Å². The molecule has 1 atom stereocenters. The summed E-state index contributed by atoms with van der Waals surface area (Å²) in [5.74, 6) is 1.58. The number of aryl methyl sites for hydroxylation is 1. The number of halogens is 1. The van der Waals surface area contributed by atoms with Crippen molar-refractivity contribution in [1.29, 1.82) is 0 Å². The highest BCUT2D eigenvalue weighted by molar-refractivity contribution is 5.36. The molecule has 5 heteroatoms. The Hall–Kier alpha value is -1.88. The Labute approximate surface area is 111 Å². The molecule has 102 valence electrons. The van der Waals surface area contributed by atoms with Crippen LogP contribution in [0, 0.1) is 12.7 Å². The Balaban J connectivity index is 2.09. The van der Waals surface area contributed by atoms with Crippen molar-refractivity contribution in [3.63, 3.8) is 0 Å². The van der Waals surface area contributed by atoms with E-state index in [0.29, 0.717) is 23.7 Å². The fraction of sp³-hybridized carbons (Fsp3) is 0.357. The van der Waals surface area contributed by atoms with Crippen LogP contribution in [0.1, 0.15) is 30.2 Å². The maximum atomic E-state index is 13.9. The second-order valence-corrected chi connectivity index (χ2v) is 4.32. The standard InChI is InChI=1S/C14H17FN2O2/c1-9-7-17-13(19-9)8-16-10(2)14-11(15)5-4-6-12(14)18-3/h4-7,10,16H,8H2,1-3H3. The molecule has 0 fully saturated rings. The Bertz CT molecular complexity index is 554. The van der Waals surface area contributed by atoms with Crippen molar-refractivity contribution in [2.24, 2.45) is 0 Å². The first-order valence-corrected chi connectivity index (χ1v) is 6.09. The third kappa shape index (κ3) is 3.12. The second-order valence-electron chi connectivity index (χ2n) is 4.32. The zero-order chi connectivity index (χ0) is 13.8. The van der Waals surface area contributed by atoms with Crippen molar-refractivity contribution in [2.45, 2.75) is 26.4 Å². The van der Waals surface area contributed by atoms with Crippen molar-refractivity contribution in [3.05, 3.63) is 47.4 Å². The van der Waals surface area contributed by atoms with Gasteiger partial charge in [0.2, 0.25) is 5.89 Å². The van der Waals surface area contributed by atoms with Gasteiger partial charge >= 0.3 is 0 Å². The first kappa shape index (κ1) is 13.5. The summed E-state index contributed by atoms with van der Waals surface area (Å²) in [6.07, 6.45) is 1.66. The Kier molecular flexibility index (Phi) is 4.16. The molecular formula is C14H17FN2O2. The van der Waals surface area contributed by atoms with E-state index in [2.05, 4.69) is 10.3 Å². The zero-order valence-corrected chi connectivity index (χ0v) is 11.2. The van der Waals surface area contributed by atoms with Gasteiger partial charge in [0.05, 0.1) is 19.9 Å². The van der Waals surface area contributed by atoms with Gasteiger partial charge in [-0.25, -0.2) is 9.37 Å². The largest absolute Gasteiger partial charge is 0.496 e. The summed E-state index contributed by atoms with van der Waals surface area (Å²) in [6.45, 7) is 4.14. The molecule has 0 spiro atoms. The van der Waals surface area contributed by atoms with E-state index in [1.807, 2.05) is 13.8 Å². The van der Waals surface area contributed by atoms with Gasteiger partial charge in [-0.05, 0) is 26.0 Å². The molecule has 1 aromatic carbocycles. The molecule has 0 aliphatic carbocycles. The highest BCUT2D eigenvalue weighted by Crippen LogP contribution is 2.27. The molecule has 0 radical (unpaired) electrons. The molecule has 2 aromatic rings. The Morgan fingerprint density at radius 2 is 2.26 bits per heavy atom. The molecule has 0 amide bonds. The fourth-order valence-electron chi connectivity index (χ4n) is 1.94. The minimum atomic E-state index is -0.289. The summed E-state index contributed by atoms with van der Waals surface area (Å²) in [6, 6.07) is 4.59. The smallest absolute Gasteiger partial charge is 0.208 e. The molecule has 1 heterocycles. The van der Waals surface area contributed by atoms with Crippen LogP contribution in [0.3, 0.4) is 0 Å². The van der Waals surface area contributed by atoms with E-state index in [0.717, 1.165) is 5.76 Å². The van der Waals surface area contributed by atoms with E-state index in [4.69, 9.17) is 9.15 Å². The molecule has 0 saturated carbocycles. The van der Waals surface area contributed by atoms with Crippen LogP contribution < -0.4 is 10.1 Å². The van der Waals surface area contributed by atoms with Crippen LogP contribution in [0.2, 0.25) is 0 Å². The number of benzene rings is 1. The van der Waals surface area contributed by atoms with Crippen LogP contribution in [0.5, 0.6) is 5.75 Å². The molecule has 19 heavy (non-hydrogen) atoms. The topological polar surface area (TPSA) is 47.3 Å². The molecule has 1 N–H and O–H groups in total. The molecule has 1 unspecified atom stereocenters. The maximum Gasteiger partial charge on any atom is 0.208 e. The normalized spacial score (nSPS) is 12.4. The van der Waals surface area contributed by atoms with E-state index in [1.165, 1.54) is 13.2 Å². The van der Waals surface area contributed by atoms with Crippen molar-refractivity contribution in [1.82, 2.24) is 10.3 Å². The van der Waals surface area contributed by atoms with Crippen LogP contribution in [0.4, 0.5) is 4.39 Å². The third-order valence-corrected chi connectivity index (χ3v) is 2.89. The predicted molar refractivity (Wildman–Crippen MR) is 69.4 cm³/mol. The first-order valence-electron chi connectivity index (χ1n) is 6.09. The fourth-order valence-corrected chi connectivity index (χ4v) is 1.94. The lowest BCUT2D eigenvalue weighted by atomic mass is 10.1. The van der Waals surface area contributed by atoms with Crippen molar-refractivity contribution in [3.8, 4) is 5.75 Å². The molecule has 0 aliphatic heterocycles. The summed E-state index contributed by atoms with van der Waals surface area (Å²) >= 11 is 0. The molecule has 1 aromatic heterocycles. The van der Waals surface area contributed by atoms with Crippen LogP contribution >= 0.6 is 0 Å². The number of ether oxygens (including phenoxy) is 1. The van der Waals surface area contributed by atoms with Gasteiger partial charge in [0.25, 0.3) is 0 Å². The number of rotatable bonds is 5. The highest BCUT2D eigenvalue weighted by atomic mass is 19.1. The number of hydrogen-bond donors (Lipinski definition) is 1. The summed E-state index contributed by atoms with van der Waals surface area (Å²) in [5.41, 5.74) is 0.508. The summed E-state index contributed by atoms with van der Waals surface area (Å²) < 4.78 is 24.4. The molecule has 4 nitrogen and oxygen atoms in total. The SMILES string of the molecule is COc1cccc(F)c1C(C)NCc1ncc(C)o1. The Morgan fingerprint density at radius 1 is 1.47 bits per heavy atom. The molecule has 0 aliphatic rings. The average molecular weight is 264 g/mol.